The zero-order valence-electron chi connectivity index (χ0n) is 34.0. The van der Waals surface area contributed by atoms with E-state index in [4.69, 9.17) is 0 Å². The molecule has 6 heterocycles. The molecule has 276 valence electrons. The van der Waals surface area contributed by atoms with Crippen molar-refractivity contribution in [1.82, 2.24) is 29.9 Å². The predicted molar refractivity (Wildman–Crippen MR) is 228 cm³/mol. The fourth-order valence-corrected chi connectivity index (χ4v) is 7.16. The van der Waals surface area contributed by atoms with Crippen LogP contribution >= 0.6 is 0 Å². The van der Waals surface area contributed by atoms with Crippen molar-refractivity contribution in [3.63, 3.8) is 0 Å². The number of fused-ring (bicyclic) bond motifs is 9. The van der Waals surface area contributed by atoms with E-state index in [-0.39, 0.29) is 19.5 Å². The molecular formula is C48H48N6Ru+2. The Balaban J connectivity index is 0.000000139. The second-order valence-corrected chi connectivity index (χ2v) is 15.0. The Morgan fingerprint density at radius 2 is 0.364 bits per heavy atom. The molecule has 0 unspecified atom stereocenters. The van der Waals surface area contributed by atoms with Crippen molar-refractivity contribution in [1.29, 1.82) is 0 Å². The van der Waals surface area contributed by atoms with Crippen LogP contribution in [-0.2, 0) is 19.5 Å². The first-order valence-electron chi connectivity index (χ1n) is 18.6. The third-order valence-corrected chi connectivity index (χ3v) is 11.8. The molecule has 0 amide bonds. The van der Waals surface area contributed by atoms with E-state index in [2.05, 4.69) is 149 Å². The largest absolute Gasteiger partial charge is 2.00 e. The normalized spacial score (nSPS) is 11.1. The molecule has 3 aromatic carbocycles. The maximum Gasteiger partial charge on any atom is 2.00 e. The van der Waals surface area contributed by atoms with E-state index in [0.717, 1.165) is 33.1 Å². The molecule has 0 saturated heterocycles. The standard InChI is InChI=1S/3C16H16N2.Ru/c3*1-9-7-17-15-13(11(9)3)5-6-14-12(4)10(2)8-18-16(14)15;/h3*5-8H,1-4H3;/q;;;+2. The molecule has 55 heavy (non-hydrogen) atoms. The Hall–Kier alpha value is -5.26. The van der Waals surface area contributed by atoms with E-state index in [1.807, 2.05) is 37.2 Å². The molecule has 0 spiro atoms. The average molecular weight is 810 g/mol. The van der Waals surface area contributed by atoms with Gasteiger partial charge in [0.25, 0.3) is 0 Å². The molecule has 9 rings (SSSR count). The number of aromatic nitrogens is 6. The molecular weight excluding hydrogens is 762 g/mol. The van der Waals surface area contributed by atoms with Crippen molar-refractivity contribution < 1.29 is 19.5 Å². The van der Waals surface area contributed by atoms with Gasteiger partial charge in [-0.1, -0.05) is 36.4 Å². The molecule has 0 radical (unpaired) electrons. The van der Waals surface area contributed by atoms with Crippen LogP contribution in [0.4, 0.5) is 0 Å². The number of hydrogen-bond donors (Lipinski definition) is 0. The van der Waals surface area contributed by atoms with E-state index in [9.17, 15) is 0 Å². The summed E-state index contributed by atoms with van der Waals surface area (Å²) in [5.41, 5.74) is 21.2. The first kappa shape index (κ1) is 39.4. The summed E-state index contributed by atoms with van der Waals surface area (Å²) in [7, 11) is 0. The van der Waals surface area contributed by atoms with Crippen LogP contribution in [0.1, 0.15) is 66.8 Å². The minimum absolute atomic E-state index is 0. The van der Waals surface area contributed by atoms with Crippen LogP contribution in [0.15, 0.2) is 73.6 Å². The van der Waals surface area contributed by atoms with Gasteiger partial charge in [0.15, 0.2) is 0 Å². The van der Waals surface area contributed by atoms with Crippen molar-refractivity contribution in [2.45, 2.75) is 83.1 Å². The van der Waals surface area contributed by atoms with Gasteiger partial charge in [-0.3, -0.25) is 29.9 Å². The molecule has 0 N–H and O–H groups in total. The predicted octanol–water partition coefficient (Wildman–Crippen LogP) is 12.0. The van der Waals surface area contributed by atoms with Gasteiger partial charge in [0.05, 0.1) is 33.1 Å². The molecule has 6 nitrogen and oxygen atoms in total. The molecule has 7 heteroatoms. The van der Waals surface area contributed by atoms with Gasteiger partial charge >= 0.3 is 19.5 Å². The van der Waals surface area contributed by atoms with Gasteiger partial charge < -0.3 is 0 Å². The molecule has 0 aliphatic carbocycles. The van der Waals surface area contributed by atoms with Crippen molar-refractivity contribution in [2.24, 2.45) is 0 Å². The summed E-state index contributed by atoms with van der Waals surface area (Å²) in [5, 5.41) is 7.24. The minimum atomic E-state index is 0. The van der Waals surface area contributed by atoms with E-state index in [1.165, 1.54) is 99.1 Å². The van der Waals surface area contributed by atoms with Gasteiger partial charge in [-0.2, -0.15) is 0 Å². The molecule has 0 fully saturated rings. The molecule has 0 aliphatic heterocycles. The smallest absolute Gasteiger partial charge is 0.254 e. The molecule has 0 saturated carbocycles. The minimum Gasteiger partial charge on any atom is -0.254 e. The number of nitrogens with zero attached hydrogens (tertiary/aromatic N) is 6. The zero-order chi connectivity index (χ0) is 38.6. The summed E-state index contributed by atoms with van der Waals surface area (Å²) in [6.07, 6.45) is 11.6. The Labute approximate surface area is 336 Å². The van der Waals surface area contributed by atoms with Crippen molar-refractivity contribution in [2.75, 3.05) is 0 Å². The van der Waals surface area contributed by atoms with Crippen LogP contribution < -0.4 is 0 Å². The summed E-state index contributed by atoms with van der Waals surface area (Å²) in [6, 6.07) is 13.0. The van der Waals surface area contributed by atoms with E-state index < -0.39 is 0 Å². The maximum absolute atomic E-state index is 4.58. The maximum atomic E-state index is 4.58. The summed E-state index contributed by atoms with van der Waals surface area (Å²) < 4.78 is 0. The summed E-state index contributed by atoms with van der Waals surface area (Å²) in [4.78, 5) is 27.5. The van der Waals surface area contributed by atoms with Crippen LogP contribution in [-0.4, -0.2) is 29.9 Å². The van der Waals surface area contributed by atoms with Gasteiger partial charge in [-0.15, -0.1) is 0 Å². The van der Waals surface area contributed by atoms with Gasteiger partial charge in [0, 0.05) is 69.5 Å². The van der Waals surface area contributed by atoms with Gasteiger partial charge in [0.2, 0.25) is 0 Å². The fourth-order valence-electron chi connectivity index (χ4n) is 7.16. The monoisotopic (exact) mass is 810 g/mol. The van der Waals surface area contributed by atoms with Gasteiger partial charge in [-0.25, -0.2) is 0 Å². The second kappa shape index (κ2) is 15.5. The molecule has 0 aliphatic rings. The Morgan fingerprint density at radius 1 is 0.236 bits per heavy atom. The summed E-state index contributed by atoms with van der Waals surface area (Å²) >= 11 is 0. The topological polar surface area (TPSA) is 77.3 Å². The number of aryl methyl sites for hydroxylation is 12. The Bertz CT molecular complexity index is 2450. The second-order valence-electron chi connectivity index (χ2n) is 15.0. The van der Waals surface area contributed by atoms with Crippen molar-refractivity contribution in [3.8, 4) is 0 Å². The summed E-state index contributed by atoms with van der Waals surface area (Å²) in [5.74, 6) is 0. The third-order valence-electron chi connectivity index (χ3n) is 11.8. The number of hydrogen-bond acceptors (Lipinski definition) is 6. The molecule has 6 aromatic heterocycles. The fraction of sp³-hybridized carbons (Fsp3) is 0.250. The van der Waals surface area contributed by atoms with Gasteiger partial charge in [-0.05, 0) is 150 Å². The first-order chi connectivity index (χ1) is 25.8. The van der Waals surface area contributed by atoms with Crippen LogP contribution in [0.2, 0.25) is 0 Å². The van der Waals surface area contributed by atoms with Crippen molar-refractivity contribution >= 4 is 65.4 Å². The first-order valence-corrected chi connectivity index (χ1v) is 18.6. The Morgan fingerprint density at radius 3 is 0.491 bits per heavy atom. The van der Waals surface area contributed by atoms with E-state index in [1.54, 1.807) is 0 Å². The van der Waals surface area contributed by atoms with E-state index in [0.29, 0.717) is 0 Å². The molecule has 0 atom stereocenters. The molecule has 0 bridgehead atoms. The van der Waals surface area contributed by atoms with Crippen molar-refractivity contribution in [3.05, 3.63) is 140 Å². The van der Waals surface area contributed by atoms with Crippen LogP contribution in [0.5, 0.6) is 0 Å². The molecule has 9 aromatic rings. The average Bonchev–Trinajstić information content (AvgIpc) is 3.17. The van der Waals surface area contributed by atoms with E-state index >= 15 is 0 Å². The quantitative estimate of drug-likeness (QED) is 0.112. The van der Waals surface area contributed by atoms with Gasteiger partial charge in [0.1, 0.15) is 0 Å². The third kappa shape index (κ3) is 6.96. The van der Waals surface area contributed by atoms with Crippen LogP contribution in [0, 0.1) is 83.1 Å². The van der Waals surface area contributed by atoms with Crippen LogP contribution in [0.25, 0.3) is 65.4 Å². The van der Waals surface area contributed by atoms with Crippen LogP contribution in [0.3, 0.4) is 0 Å². The summed E-state index contributed by atoms with van der Waals surface area (Å²) in [6.45, 7) is 25.5. The number of benzene rings is 3. The Kier molecular flexibility index (Phi) is 11.1. The number of pyridine rings is 6. The zero-order valence-corrected chi connectivity index (χ0v) is 35.7. The number of rotatable bonds is 0. The SMILES string of the molecule is Cc1cnc2c(ccc3c(C)c(C)cnc32)c1C.Cc1cnc2c(ccc3c(C)c(C)cnc32)c1C.Cc1cnc2c(ccc3c(C)c(C)cnc32)c1C.[Ru+2].